The molecular formula is C18H20O2. The van der Waals surface area contributed by atoms with E-state index in [0.29, 0.717) is 11.7 Å². The van der Waals surface area contributed by atoms with Crippen LogP contribution in [-0.2, 0) is 6.42 Å². The molecule has 20 heavy (non-hydrogen) atoms. The standard InChI is InChI=1S/C18H20O2/c1-18-9-8-14-13-5-3-12(19)10-11(13)2-4-15(14)16(18)6-7-17(18)20/h2-5,10,16-17,19-20H,6-9H2,1H3/t16?,17?,18-/m0/s1. The summed E-state index contributed by atoms with van der Waals surface area (Å²) in [7, 11) is 0. The van der Waals surface area contributed by atoms with Gasteiger partial charge in [-0.05, 0) is 65.6 Å². The fourth-order valence-electron chi connectivity index (χ4n) is 4.47. The van der Waals surface area contributed by atoms with E-state index in [1.807, 2.05) is 12.1 Å². The Labute approximate surface area is 119 Å². The highest BCUT2D eigenvalue weighted by molar-refractivity contribution is 5.88. The number of aromatic hydroxyl groups is 1. The van der Waals surface area contributed by atoms with E-state index in [-0.39, 0.29) is 11.5 Å². The van der Waals surface area contributed by atoms with E-state index in [1.165, 1.54) is 16.5 Å². The lowest BCUT2D eigenvalue weighted by Gasteiger charge is -2.40. The van der Waals surface area contributed by atoms with Crippen molar-refractivity contribution in [2.24, 2.45) is 5.41 Å². The van der Waals surface area contributed by atoms with Gasteiger partial charge in [0.2, 0.25) is 0 Å². The van der Waals surface area contributed by atoms with Crippen molar-refractivity contribution < 1.29 is 10.2 Å². The highest BCUT2D eigenvalue weighted by Gasteiger charge is 2.48. The smallest absolute Gasteiger partial charge is 0.116 e. The van der Waals surface area contributed by atoms with Gasteiger partial charge in [-0.3, -0.25) is 0 Å². The minimum Gasteiger partial charge on any atom is -0.508 e. The molecule has 3 atom stereocenters. The Morgan fingerprint density at radius 2 is 2.00 bits per heavy atom. The molecule has 2 aliphatic carbocycles. The highest BCUT2D eigenvalue weighted by atomic mass is 16.3. The third-order valence-corrected chi connectivity index (χ3v) is 5.73. The monoisotopic (exact) mass is 268 g/mol. The Morgan fingerprint density at radius 1 is 1.15 bits per heavy atom. The first kappa shape index (κ1) is 12.2. The van der Waals surface area contributed by atoms with Crippen molar-refractivity contribution in [2.45, 2.75) is 44.6 Å². The van der Waals surface area contributed by atoms with Crippen LogP contribution in [-0.4, -0.2) is 16.3 Å². The first-order chi connectivity index (χ1) is 9.59. The third kappa shape index (κ3) is 1.49. The van der Waals surface area contributed by atoms with Crippen LogP contribution in [0.15, 0.2) is 30.3 Å². The minimum atomic E-state index is -0.156. The van der Waals surface area contributed by atoms with E-state index in [2.05, 4.69) is 19.1 Å². The third-order valence-electron chi connectivity index (χ3n) is 5.73. The first-order valence-electron chi connectivity index (χ1n) is 7.52. The molecule has 2 heteroatoms. The summed E-state index contributed by atoms with van der Waals surface area (Å²) in [5, 5.41) is 22.3. The van der Waals surface area contributed by atoms with Crippen LogP contribution in [0.4, 0.5) is 0 Å². The van der Waals surface area contributed by atoms with E-state index in [4.69, 9.17) is 0 Å². The number of rotatable bonds is 0. The van der Waals surface area contributed by atoms with Crippen molar-refractivity contribution in [3.05, 3.63) is 41.5 Å². The van der Waals surface area contributed by atoms with Gasteiger partial charge in [0.15, 0.2) is 0 Å². The van der Waals surface area contributed by atoms with Crippen LogP contribution >= 0.6 is 0 Å². The Balaban J connectivity index is 1.93. The van der Waals surface area contributed by atoms with E-state index in [9.17, 15) is 10.2 Å². The highest BCUT2D eigenvalue weighted by Crippen LogP contribution is 2.56. The number of hydrogen-bond acceptors (Lipinski definition) is 2. The molecule has 2 unspecified atom stereocenters. The lowest BCUT2D eigenvalue weighted by Crippen LogP contribution is -2.35. The fourth-order valence-corrected chi connectivity index (χ4v) is 4.47. The van der Waals surface area contributed by atoms with Gasteiger partial charge in [-0.2, -0.15) is 0 Å². The van der Waals surface area contributed by atoms with Gasteiger partial charge in [0.05, 0.1) is 6.10 Å². The largest absolute Gasteiger partial charge is 0.508 e. The maximum atomic E-state index is 10.3. The second-order valence-corrected chi connectivity index (χ2v) is 6.69. The van der Waals surface area contributed by atoms with Crippen molar-refractivity contribution >= 4 is 10.8 Å². The number of benzene rings is 2. The fraction of sp³-hybridized carbons (Fsp3) is 0.444. The van der Waals surface area contributed by atoms with Gasteiger partial charge in [0.1, 0.15) is 5.75 Å². The van der Waals surface area contributed by atoms with E-state index < -0.39 is 0 Å². The molecule has 2 aromatic carbocycles. The maximum absolute atomic E-state index is 10.3. The van der Waals surface area contributed by atoms with Crippen molar-refractivity contribution in [1.29, 1.82) is 0 Å². The summed E-state index contributed by atoms with van der Waals surface area (Å²) in [6.07, 6.45) is 3.95. The Kier molecular flexibility index (Phi) is 2.43. The zero-order valence-corrected chi connectivity index (χ0v) is 11.8. The zero-order valence-electron chi connectivity index (χ0n) is 11.8. The quantitative estimate of drug-likeness (QED) is 0.764. The molecule has 0 amide bonds. The molecule has 1 saturated carbocycles. The molecule has 2 aliphatic rings. The summed E-state index contributed by atoms with van der Waals surface area (Å²) in [5.41, 5.74) is 2.91. The van der Waals surface area contributed by atoms with Gasteiger partial charge in [0.25, 0.3) is 0 Å². The summed E-state index contributed by atoms with van der Waals surface area (Å²) in [5.74, 6) is 0.814. The van der Waals surface area contributed by atoms with Crippen LogP contribution < -0.4 is 0 Å². The summed E-state index contributed by atoms with van der Waals surface area (Å²) in [4.78, 5) is 0. The lowest BCUT2D eigenvalue weighted by molar-refractivity contribution is 0.0459. The summed E-state index contributed by atoms with van der Waals surface area (Å²) >= 11 is 0. The average molecular weight is 268 g/mol. The number of aliphatic hydroxyl groups excluding tert-OH is 1. The molecule has 0 radical (unpaired) electrons. The minimum absolute atomic E-state index is 0.0532. The van der Waals surface area contributed by atoms with E-state index in [1.54, 1.807) is 6.07 Å². The number of phenolic OH excluding ortho intramolecular Hbond substituents is 1. The van der Waals surface area contributed by atoms with Crippen molar-refractivity contribution in [1.82, 2.24) is 0 Å². The van der Waals surface area contributed by atoms with Crippen LogP contribution in [0.1, 0.15) is 43.2 Å². The molecule has 0 aliphatic heterocycles. The summed E-state index contributed by atoms with van der Waals surface area (Å²) in [6.45, 7) is 2.25. The summed E-state index contributed by atoms with van der Waals surface area (Å²) in [6, 6.07) is 9.99. The summed E-state index contributed by atoms with van der Waals surface area (Å²) < 4.78 is 0. The second-order valence-electron chi connectivity index (χ2n) is 6.69. The maximum Gasteiger partial charge on any atom is 0.116 e. The van der Waals surface area contributed by atoms with Crippen molar-refractivity contribution in [3.63, 3.8) is 0 Å². The van der Waals surface area contributed by atoms with Gasteiger partial charge in [0, 0.05) is 5.41 Å². The molecule has 0 bridgehead atoms. The Bertz CT molecular complexity index is 691. The number of aryl methyl sites for hydroxylation is 1. The predicted octanol–water partition coefficient (Wildman–Crippen LogP) is 3.74. The van der Waals surface area contributed by atoms with Crippen LogP contribution in [0, 0.1) is 5.41 Å². The normalized spacial score (nSPS) is 32.1. The van der Waals surface area contributed by atoms with Crippen molar-refractivity contribution in [3.8, 4) is 5.75 Å². The molecule has 0 aromatic heterocycles. The van der Waals surface area contributed by atoms with Gasteiger partial charge in [-0.1, -0.05) is 25.1 Å². The van der Waals surface area contributed by atoms with E-state index >= 15 is 0 Å². The second kappa shape index (κ2) is 3.98. The molecule has 2 nitrogen and oxygen atoms in total. The Morgan fingerprint density at radius 3 is 2.85 bits per heavy atom. The average Bonchev–Trinajstić information content (AvgIpc) is 2.74. The van der Waals surface area contributed by atoms with Crippen LogP contribution in [0.2, 0.25) is 0 Å². The molecule has 0 saturated heterocycles. The van der Waals surface area contributed by atoms with Crippen LogP contribution in [0.5, 0.6) is 5.75 Å². The molecular weight excluding hydrogens is 248 g/mol. The van der Waals surface area contributed by atoms with Crippen molar-refractivity contribution in [2.75, 3.05) is 0 Å². The molecule has 2 aromatic rings. The van der Waals surface area contributed by atoms with E-state index in [0.717, 1.165) is 31.1 Å². The zero-order chi connectivity index (χ0) is 13.9. The first-order valence-corrected chi connectivity index (χ1v) is 7.52. The lowest BCUT2D eigenvalue weighted by atomic mass is 9.65. The van der Waals surface area contributed by atoms with Crippen LogP contribution in [0.3, 0.4) is 0 Å². The molecule has 0 heterocycles. The number of hydrogen-bond donors (Lipinski definition) is 2. The topological polar surface area (TPSA) is 40.5 Å². The van der Waals surface area contributed by atoms with Crippen LogP contribution in [0.25, 0.3) is 10.8 Å². The van der Waals surface area contributed by atoms with Gasteiger partial charge in [-0.25, -0.2) is 0 Å². The molecule has 104 valence electrons. The SMILES string of the molecule is C[C@]12CCc3c(ccc4cc(O)ccc34)C1CCC2O. The number of fused-ring (bicyclic) bond motifs is 5. The molecule has 0 spiro atoms. The number of aliphatic hydroxyl groups is 1. The van der Waals surface area contributed by atoms with Gasteiger partial charge < -0.3 is 10.2 Å². The van der Waals surface area contributed by atoms with Gasteiger partial charge >= 0.3 is 0 Å². The predicted molar refractivity (Wildman–Crippen MR) is 80.0 cm³/mol. The molecule has 4 rings (SSSR count). The molecule has 1 fully saturated rings. The van der Waals surface area contributed by atoms with Gasteiger partial charge in [-0.15, -0.1) is 0 Å². The Hall–Kier alpha value is -1.54. The molecule has 2 N–H and O–H groups in total. The number of phenols is 1.